The van der Waals surface area contributed by atoms with Crippen LogP contribution in [-0.2, 0) is 0 Å². The first-order chi connectivity index (χ1) is 5.83. The third-order valence-corrected chi connectivity index (χ3v) is 2.54. The van der Waals surface area contributed by atoms with Gasteiger partial charge in [0.05, 0.1) is 5.75 Å². The lowest BCUT2D eigenvalue weighted by Gasteiger charge is -2.21. The van der Waals surface area contributed by atoms with Crippen LogP contribution in [-0.4, -0.2) is 40.8 Å². The maximum atomic E-state index is 4.88. The smallest absolute Gasteiger partial charge is 0.145 e. The molecule has 0 fully saturated rings. The molecule has 0 amide bonds. The average Bonchev–Trinajstić information content (AvgIpc) is 2.47. The van der Waals surface area contributed by atoms with E-state index in [1.165, 1.54) is 0 Å². The summed E-state index contributed by atoms with van der Waals surface area (Å²) < 4.78 is 0. The zero-order chi connectivity index (χ0) is 8.97. The molecule has 1 atom stereocenters. The van der Waals surface area contributed by atoms with Crippen molar-refractivity contribution in [2.24, 2.45) is 5.10 Å². The Bertz CT molecular complexity index is 193. The van der Waals surface area contributed by atoms with Crippen LogP contribution in [0.2, 0.25) is 0 Å². The number of rotatable bonds is 4. The summed E-state index contributed by atoms with van der Waals surface area (Å²) in [6.45, 7) is 3.05. The van der Waals surface area contributed by atoms with Gasteiger partial charge in [-0.15, -0.1) is 0 Å². The SMILES string of the molecule is CCN1C(CSC)=NNC1C=S. The van der Waals surface area contributed by atoms with Gasteiger partial charge in [0.15, 0.2) is 0 Å². The molecular weight excluding hydrogens is 190 g/mol. The van der Waals surface area contributed by atoms with E-state index in [4.69, 9.17) is 12.2 Å². The summed E-state index contributed by atoms with van der Waals surface area (Å²) in [4.78, 5) is 2.17. The van der Waals surface area contributed by atoms with Crippen LogP contribution in [0.15, 0.2) is 5.10 Å². The van der Waals surface area contributed by atoms with Gasteiger partial charge in [-0.25, -0.2) is 0 Å². The lowest BCUT2D eigenvalue weighted by atomic mass is 10.4. The van der Waals surface area contributed by atoms with Crippen molar-refractivity contribution in [3.05, 3.63) is 0 Å². The molecule has 68 valence electrons. The molecule has 0 aliphatic carbocycles. The Hall–Kier alpha value is -0.290. The Morgan fingerprint density at radius 3 is 3.08 bits per heavy atom. The fraction of sp³-hybridized carbons (Fsp3) is 0.714. The summed E-state index contributed by atoms with van der Waals surface area (Å²) in [7, 11) is 0. The summed E-state index contributed by atoms with van der Waals surface area (Å²) in [5, 5.41) is 5.91. The molecule has 0 aromatic heterocycles. The predicted molar refractivity (Wildman–Crippen MR) is 58.8 cm³/mol. The van der Waals surface area contributed by atoms with Gasteiger partial charge in [0.25, 0.3) is 0 Å². The van der Waals surface area contributed by atoms with Crippen LogP contribution in [0.3, 0.4) is 0 Å². The molecule has 0 bridgehead atoms. The molecule has 1 unspecified atom stereocenters. The predicted octanol–water partition coefficient (Wildman–Crippen LogP) is 0.914. The number of hydrogen-bond acceptors (Lipinski definition) is 5. The Labute approximate surface area is 82.6 Å². The van der Waals surface area contributed by atoms with Crippen LogP contribution in [0, 0.1) is 0 Å². The molecule has 1 rings (SSSR count). The number of amidine groups is 1. The van der Waals surface area contributed by atoms with Crippen LogP contribution in [0.25, 0.3) is 0 Å². The highest BCUT2D eigenvalue weighted by atomic mass is 32.2. The van der Waals surface area contributed by atoms with E-state index in [2.05, 4.69) is 28.6 Å². The van der Waals surface area contributed by atoms with E-state index in [9.17, 15) is 0 Å². The maximum Gasteiger partial charge on any atom is 0.145 e. The van der Waals surface area contributed by atoms with E-state index in [0.29, 0.717) is 0 Å². The van der Waals surface area contributed by atoms with E-state index in [1.807, 2.05) is 0 Å². The standard InChI is InChI=1S/C7H13N3S2/c1-3-10-6(4-11)8-9-7(10)5-12-2/h4,6,8H,3,5H2,1-2H3. The van der Waals surface area contributed by atoms with Gasteiger partial charge in [-0.05, 0) is 13.2 Å². The van der Waals surface area contributed by atoms with Crippen molar-refractivity contribution in [1.82, 2.24) is 10.3 Å². The molecular formula is C7H13N3S2. The zero-order valence-corrected chi connectivity index (χ0v) is 8.91. The van der Waals surface area contributed by atoms with Gasteiger partial charge in [-0.1, -0.05) is 12.2 Å². The van der Waals surface area contributed by atoms with Crippen molar-refractivity contribution in [2.75, 3.05) is 18.6 Å². The van der Waals surface area contributed by atoms with Gasteiger partial charge in [0, 0.05) is 11.9 Å². The van der Waals surface area contributed by atoms with Gasteiger partial charge in [0.1, 0.15) is 12.0 Å². The van der Waals surface area contributed by atoms with Crippen LogP contribution < -0.4 is 5.43 Å². The van der Waals surface area contributed by atoms with Gasteiger partial charge in [-0.3, -0.25) is 5.43 Å². The lowest BCUT2D eigenvalue weighted by molar-refractivity contribution is 0.395. The molecule has 0 aromatic carbocycles. The number of nitrogens with zero attached hydrogens (tertiary/aromatic N) is 2. The lowest BCUT2D eigenvalue weighted by Crippen LogP contribution is -2.41. The van der Waals surface area contributed by atoms with E-state index in [-0.39, 0.29) is 6.17 Å². The fourth-order valence-electron chi connectivity index (χ4n) is 1.16. The molecule has 1 aliphatic rings. The van der Waals surface area contributed by atoms with Crippen LogP contribution in [0.4, 0.5) is 0 Å². The molecule has 1 heterocycles. The number of thioether (sulfide) groups is 1. The molecule has 0 saturated heterocycles. The van der Waals surface area contributed by atoms with Crippen molar-refractivity contribution in [3.63, 3.8) is 0 Å². The molecule has 1 N–H and O–H groups in total. The summed E-state index contributed by atoms with van der Waals surface area (Å²) in [6.07, 6.45) is 2.19. The van der Waals surface area contributed by atoms with E-state index in [0.717, 1.165) is 18.1 Å². The van der Waals surface area contributed by atoms with Gasteiger partial charge in [0.2, 0.25) is 0 Å². The Morgan fingerprint density at radius 1 is 1.83 bits per heavy atom. The molecule has 3 nitrogen and oxygen atoms in total. The van der Waals surface area contributed by atoms with E-state index in [1.54, 1.807) is 17.1 Å². The number of nitrogens with one attached hydrogen (secondary N) is 1. The van der Waals surface area contributed by atoms with Crippen molar-refractivity contribution < 1.29 is 0 Å². The summed E-state index contributed by atoms with van der Waals surface area (Å²) in [6, 6.07) is 0. The average molecular weight is 203 g/mol. The third kappa shape index (κ3) is 1.90. The van der Waals surface area contributed by atoms with Crippen molar-refractivity contribution in [2.45, 2.75) is 13.1 Å². The molecule has 0 saturated carbocycles. The normalized spacial score (nSPS) is 22.0. The van der Waals surface area contributed by atoms with E-state index >= 15 is 0 Å². The summed E-state index contributed by atoms with van der Waals surface area (Å²) >= 11 is 6.65. The monoisotopic (exact) mass is 203 g/mol. The Balaban J connectivity index is 2.58. The fourth-order valence-corrected chi connectivity index (χ4v) is 1.86. The topological polar surface area (TPSA) is 27.6 Å². The number of hydrazone groups is 1. The molecule has 1 aliphatic heterocycles. The molecule has 0 spiro atoms. The summed E-state index contributed by atoms with van der Waals surface area (Å²) in [5.74, 6) is 2.04. The minimum atomic E-state index is 0.118. The third-order valence-electron chi connectivity index (χ3n) is 1.74. The highest BCUT2D eigenvalue weighted by molar-refractivity contribution is 7.99. The first-order valence-corrected chi connectivity index (χ1v) is 5.73. The molecule has 0 aromatic rings. The number of hydrogen-bond donors (Lipinski definition) is 1. The zero-order valence-electron chi connectivity index (χ0n) is 7.28. The van der Waals surface area contributed by atoms with Gasteiger partial charge < -0.3 is 4.90 Å². The van der Waals surface area contributed by atoms with Crippen LogP contribution >= 0.6 is 24.0 Å². The van der Waals surface area contributed by atoms with Crippen LogP contribution in [0.1, 0.15) is 6.92 Å². The molecule has 5 heteroatoms. The maximum absolute atomic E-state index is 4.88. The van der Waals surface area contributed by atoms with Gasteiger partial charge in [-0.2, -0.15) is 16.9 Å². The second-order valence-electron chi connectivity index (χ2n) is 2.46. The highest BCUT2D eigenvalue weighted by Gasteiger charge is 2.22. The van der Waals surface area contributed by atoms with E-state index < -0.39 is 0 Å². The van der Waals surface area contributed by atoms with Crippen molar-refractivity contribution >= 4 is 35.2 Å². The molecule has 0 radical (unpaired) electrons. The summed E-state index contributed by atoms with van der Waals surface area (Å²) in [5.41, 5.74) is 2.98. The van der Waals surface area contributed by atoms with Gasteiger partial charge >= 0.3 is 0 Å². The minimum absolute atomic E-state index is 0.118. The van der Waals surface area contributed by atoms with Crippen molar-refractivity contribution in [3.8, 4) is 0 Å². The largest absolute Gasteiger partial charge is 0.333 e. The van der Waals surface area contributed by atoms with Crippen LogP contribution in [0.5, 0.6) is 0 Å². The molecule has 12 heavy (non-hydrogen) atoms. The number of thiocarbonyl (C=S) groups is 1. The van der Waals surface area contributed by atoms with Crippen molar-refractivity contribution in [1.29, 1.82) is 0 Å². The Kier molecular flexibility index (Phi) is 3.81. The quantitative estimate of drug-likeness (QED) is 0.687. The first kappa shape index (κ1) is 9.80. The minimum Gasteiger partial charge on any atom is -0.333 e. The Morgan fingerprint density at radius 2 is 2.58 bits per heavy atom. The highest BCUT2D eigenvalue weighted by Crippen LogP contribution is 2.07. The first-order valence-electron chi connectivity index (χ1n) is 3.86. The second-order valence-corrected chi connectivity index (χ2v) is 3.60. The second kappa shape index (κ2) is 4.67.